The summed E-state index contributed by atoms with van der Waals surface area (Å²) in [5.41, 5.74) is 0.313. The molecule has 0 saturated heterocycles. The summed E-state index contributed by atoms with van der Waals surface area (Å²) in [6.45, 7) is 0. The van der Waals surface area contributed by atoms with Gasteiger partial charge in [0.1, 0.15) is 5.52 Å². The monoisotopic (exact) mass is 164 g/mol. The van der Waals surface area contributed by atoms with E-state index in [1.807, 2.05) is 0 Å². The van der Waals surface area contributed by atoms with Crippen molar-refractivity contribution in [1.82, 2.24) is 19.8 Å². The third-order valence-electron chi connectivity index (χ3n) is 1.42. The largest absolute Gasteiger partial charge is 0.476 e. The number of hydrogen-bond acceptors (Lipinski definition) is 4. The van der Waals surface area contributed by atoms with Gasteiger partial charge in [0, 0.05) is 12.4 Å². The first-order chi connectivity index (χ1) is 5.79. The van der Waals surface area contributed by atoms with Crippen molar-refractivity contribution >= 4 is 11.5 Å². The van der Waals surface area contributed by atoms with Gasteiger partial charge in [-0.15, -0.1) is 5.10 Å². The average molecular weight is 164 g/mol. The van der Waals surface area contributed by atoms with Crippen molar-refractivity contribution < 1.29 is 9.90 Å². The number of hydrogen-bond donors (Lipinski definition) is 1. The minimum Gasteiger partial charge on any atom is -0.476 e. The van der Waals surface area contributed by atoms with Crippen LogP contribution in [0.25, 0.3) is 5.52 Å². The molecule has 6 nitrogen and oxygen atoms in total. The molecule has 2 aromatic rings. The first-order valence-corrected chi connectivity index (χ1v) is 3.17. The van der Waals surface area contributed by atoms with Crippen molar-refractivity contribution in [3.8, 4) is 0 Å². The first-order valence-electron chi connectivity index (χ1n) is 3.17. The summed E-state index contributed by atoms with van der Waals surface area (Å²) in [6.07, 6.45) is 4.45. The quantitative estimate of drug-likeness (QED) is 0.632. The van der Waals surface area contributed by atoms with Crippen LogP contribution in [0.15, 0.2) is 18.6 Å². The van der Waals surface area contributed by atoms with E-state index in [1.54, 1.807) is 0 Å². The second-order valence-electron chi connectivity index (χ2n) is 2.15. The SMILES string of the molecule is O=C(O)c1nnn2ccncc12. The number of rotatable bonds is 1. The Kier molecular flexibility index (Phi) is 1.26. The molecule has 0 aliphatic heterocycles. The van der Waals surface area contributed by atoms with Gasteiger partial charge >= 0.3 is 5.97 Å². The van der Waals surface area contributed by atoms with Crippen molar-refractivity contribution in [2.24, 2.45) is 0 Å². The smallest absolute Gasteiger partial charge is 0.358 e. The van der Waals surface area contributed by atoms with Crippen LogP contribution in [0.1, 0.15) is 10.5 Å². The Hall–Kier alpha value is -1.98. The summed E-state index contributed by atoms with van der Waals surface area (Å²) in [4.78, 5) is 14.3. The van der Waals surface area contributed by atoms with E-state index in [0.717, 1.165) is 0 Å². The van der Waals surface area contributed by atoms with Crippen molar-refractivity contribution in [2.45, 2.75) is 0 Å². The summed E-state index contributed by atoms with van der Waals surface area (Å²) < 4.78 is 1.36. The van der Waals surface area contributed by atoms with Crippen molar-refractivity contribution in [2.75, 3.05) is 0 Å². The van der Waals surface area contributed by atoms with E-state index in [4.69, 9.17) is 5.11 Å². The fourth-order valence-corrected chi connectivity index (χ4v) is 0.899. The third kappa shape index (κ3) is 0.815. The predicted molar refractivity (Wildman–Crippen MR) is 37.7 cm³/mol. The second-order valence-corrected chi connectivity index (χ2v) is 2.15. The summed E-state index contributed by atoms with van der Waals surface area (Å²) in [7, 11) is 0. The molecule has 2 rings (SSSR count). The molecule has 12 heavy (non-hydrogen) atoms. The minimum atomic E-state index is -1.10. The predicted octanol–water partition coefficient (Wildman–Crippen LogP) is -0.178. The van der Waals surface area contributed by atoms with E-state index >= 15 is 0 Å². The Morgan fingerprint density at radius 3 is 3.17 bits per heavy atom. The number of nitrogens with zero attached hydrogens (tertiary/aromatic N) is 4. The minimum absolute atomic E-state index is 0.0805. The molecule has 0 aromatic carbocycles. The van der Waals surface area contributed by atoms with Gasteiger partial charge in [0.05, 0.1) is 6.20 Å². The molecule has 0 radical (unpaired) electrons. The van der Waals surface area contributed by atoms with Gasteiger partial charge in [0.2, 0.25) is 0 Å². The second kappa shape index (κ2) is 2.26. The number of aromatic carboxylic acids is 1. The van der Waals surface area contributed by atoms with E-state index in [-0.39, 0.29) is 5.69 Å². The van der Waals surface area contributed by atoms with Crippen LogP contribution in [-0.2, 0) is 0 Å². The van der Waals surface area contributed by atoms with Crippen LogP contribution >= 0.6 is 0 Å². The summed E-state index contributed by atoms with van der Waals surface area (Å²) in [5.74, 6) is -1.10. The summed E-state index contributed by atoms with van der Waals surface area (Å²) in [6, 6.07) is 0. The van der Waals surface area contributed by atoms with Crippen LogP contribution < -0.4 is 0 Å². The Balaban J connectivity index is 2.79. The molecule has 2 aromatic heterocycles. The fourth-order valence-electron chi connectivity index (χ4n) is 0.899. The van der Waals surface area contributed by atoms with Crippen LogP contribution in [-0.4, -0.2) is 30.9 Å². The lowest BCUT2D eigenvalue weighted by Crippen LogP contribution is -1.97. The summed E-state index contributed by atoms with van der Waals surface area (Å²) >= 11 is 0. The summed E-state index contributed by atoms with van der Waals surface area (Å²) in [5, 5.41) is 15.7. The first kappa shape index (κ1) is 6.71. The number of aromatic nitrogens is 4. The molecular formula is C6H4N4O2. The lowest BCUT2D eigenvalue weighted by molar-refractivity contribution is 0.0692. The highest BCUT2D eigenvalue weighted by Crippen LogP contribution is 2.03. The normalized spacial score (nSPS) is 10.3. The lowest BCUT2D eigenvalue weighted by Gasteiger charge is -1.88. The number of carboxylic acids is 1. The standard InChI is InChI=1S/C6H4N4O2/c11-6(12)5-4-3-7-1-2-10(4)9-8-5/h1-3H,(H,11,12). The Morgan fingerprint density at radius 2 is 2.42 bits per heavy atom. The van der Waals surface area contributed by atoms with Crippen LogP contribution in [0.2, 0.25) is 0 Å². The van der Waals surface area contributed by atoms with E-state index < -0.39 is 5.97 Å². The van der Waals surface area contributed by atoms with E-state index in [1.165, 1.54) is 23.1 Å². The van der Waals surface area contributed by atoms with Gasteiger partial charge in [-0.3, -0.25) is 4.98 Å². The molecule has 0 fully saturated rings. The molecule has 0 bridgehead atoms. The Morgan fingerprint density at radius 1 is 1.58 bits per heavy atom. The van der Waals surface area contributed by atoms with Gasteiger partial charge in [-0.05, 0) is 0 Å². The average Bonchev–Trinajstić information content (AvgIpc) is 2.47. The van der Waals surface area contributed by atoms with Crippen LogP contribution in [0.5, 0.6) is 0 Å². The van der Waals surface area contributed by atoms with Crippen LogP contribution in [0.4, 0.5) is 0 Å². The van der Waals surface area contributed by atoms with Crippen LogP contribution in [0, 0.1) is 0 Å². The van der Waals surface area contributed by atoms with Gasteiger partial charge in [-0.25, -0.2) is 9.31 Å². The molecule has 0 unspecified atom stereocenters. The topological polar surface area (TPSA) is 80.4 Å². The zero-order chi connectivity index (χ0) is 8.55. The Labute approximate surface area is 66.5 Å². The van der Waals surface area contributed by atoms with Gasteiger partial charge in [-0.1, -0.05) is 5.21 Å². The molecule has 1 N–H and O–H groups in total. The molecule has 0 amide bonds. The highest BCUT2D eigenvalue weighted by Gasteiger charge is 2.12. The van der Waals surface area contributed by atoms with E-state index in [0.29, 0.717) is 5.52 Å². The maximum absolute atomic E-state index is 10.5. The van der Waals surface area contributed by atoms with Crippen LogP contribution in [0.3, 0.4) is 0 Å². The zero-order valence-corrected chi connectivity index (χ0v) is 5.88. The fraction of sp³-hybridized carbons (Fsp3) is 0. The highest BCUT2D eigenvalue weighted by molar-refractivity contribution is 5.92. The van der Waals surface area contributed by atoms with Crippen molar-refractivity contribution in [3.05, 3.63) is 24.3 Å². The van der Waals surface area contributed by atoms with Crippen molar-refractivity contribution in [1.29, 1.82) is 0 Å². The maximum Gasteiger partial charge on any atom is 0.358 e. The molecule has 6 heteroatoms. The van der Waals surface area contributed by atoms with Gasteiger partial charge in [0.25, 0.3) is 0 Å². The molecule has 0 aliphatic carbocycles. The van der Waals surface area contributed by atoms with Gasteiger partial charge in [0.15, 0.2) is 5.69 Å². The molecule has 0 aliphatic rings. The molecular weight excluding hydrogens is 160 g/mol. The molecule has 2 heterocycles. The van der Waals surface area contributed by atoms with Gasteiger partial charge in [-0.2, -0.15) is 0 Å². The number of carbonyl (C=O) groups is 1. The van der Waals surface area contributed by atoms with E-state index in [2.05, 4.69) is 15.3 Å². The third-order valence-corrected chi connectivity index (χ3v) is 1.42. The molecule has 0 atom stereocenters. The number of carboxylic acid groups (broad SMARTS) is 1. The molecule has 0 spiro atoms. The number of fused-ring (bicyclic) bond motifs is 1. The van der Waals surface area contributed by atoms with E-state index in [9.17, 15) is 4.79 Å². The highest BCUT2D eigenvalue weighted by atomic mass is 16.4. The molecule has 0 saturated carbocycles. The Bertz CT molecular complexity index is 436. The lowest BCUT2D eigenvalue weighted by atomic mass is 10.4. The molecule has 60 valence electrons. The maximum atomic E-state index is 10.5. The zero-order valence-electron chi connectivity index (χ0n) is 5.88. The van der Waals surface area contributed by atoms with Gasteiger partial charge < -0.3 is 5.11 Å². The van der Waals surface area contributed by atoms with Crippen molar-refractivity contribution in [3.63, 3.8) is 0 Å².